The minimum absolute atomic E-state index is 0.0365. The van der Waals surface area contributed by atoms with E-state index in [9.17, 15) is 4.79 Å². The second-order valence-corrected chi connectivity index (χ2v) is 8.78. The van der Waals surface area contributed by atoms with E-state index in [1.54, 1.807) is 41.2 Å². The van der Waals surface area contributed by atoms with Crippen molar-refractivity contribution in [2.24, 2.45) is 0 Å². The van der Waals surface area contributed by atoms with Crippen molar-refractivity contribution in [3.8, 4) is 0 Å². The molecule has 8 heteroatoms. The molecule has 0 radical (unpaired) electrons. The molecule has 0 saturated carbocycles. The summed E-state index contributed by atoms with van der Waals surface area (Å²) in [4.78, 5) is 27.5. The zero-order chi connectivity index (χ0) is 19.5. The number of aryl methyl sites for hydroxylation is 1. The number of fused-ring (bicyclic) bond motifs is 1. The van der Waals surface area contributed by atoms with E-state index in [2.05, 4.69) is 23.0 Å². The van der Waals surface area contributed by atoms with Crippen LogP contribution in [0.3, 0.4) is 0 Å². The number of hydrogen-bond acceptors (Lipinski definition) is 7. The summed E-state index contributed by atoms with van der Waals surface area (Å²) in [6, 6.07) is 9.98. The van der Waals surface area contributed by atoms with Crippen LogP contribution in [0.4, 0.5) is 10.8 Å². The summed E-state index contributed by atoms with van der Waals surface area (Å²) >= 11 is 4.78. The van der Waals surface area contributed by atoms with E-state index < -0.39 is 0 Å². The van der Waals surface area contributed by atoms with E-state index in [1.165, 1.54) is 11.3 Å². The fourth-order valence-electron chi connectivity index (χ4n) is 2.91. The van der Waals surface area contributed by atoms with E-state index in [-0.39, 0.29) is 5.91 Å². The molecule has 0 bridgehead atoms. The third kappa shape index (κ3) is 3.80. The highest BCUT2D eigenvalue weighted by Crippen LogP contribution is 2.34. The molecule has 0 saturated heterocycles. The molecule has 0 atom stereocenters. The van der Waals surface area contributed by atoms with Gasteiger partial charge in [0.25, 0.3) is 0 Å². The predicted molar refractivity (Wildman–Crippen MR) is 118 cm³/mol. The van der Waals surface area contributed by atoms with Gasteiger partial charge in [-0.2, -0.15) is 0 Å². The van der Waals surface area contributed by atoms with Crippen molar-refractivity contribution in [3.63, 3.8) is 0 Å². The normalized spacial score (nSPS) is 11.1. The maximum Gasteiger partial charge on any atom is 0.230 e. The number of aromatic nitrogens is 3. The third-order valence-electron chi connectivity index (χ3n) is 4.23. The van der Waals surface area contributed by atoms with Crippen molar-refractivity contribution in [1.29, 1.82) is 0 Å². The van der Waals surface area contributed by atoms with Gasteiger partial charge in [-0.05, 0) is 29.5 Å². The fraction of sp³-hybridized carbons (Fsp3) is 0.200. The first kappa shape index (κ1) is 19.0. The van der Waals surface area contributed by atoms with Crippen LogP contribution in [0.15, 0.2) is 52.4 Å². The molecule has 0 unspecified atom stereocenters. The van der Waals surface area contributed by atoms with E-state index in [1.807, 2.05) is 35.0 Å². The van der Waals surface area contributed by atoms with Crippen molar-refractivity contribution >= 4 is 61.4 Å². The summed E-state index contributed by atoms with van der Waals surface area (Å²) < 4.78 is 1.10. The Morgan fingerprint density at radius 3 is 2.86 bits per heavy atom. The average molecular weight is 427 g/mol. The van der Waals surface area contributed by atoms with E-state index in [0.29, 0.717) is 10.9 Å². The minimum Gasteiger partial charge on any atom is -0.274 e. The fourth-order valence-corrected chi connectivity index (χ4v) is 5.74. The van der Waals surface area contributed by atoms with Gasteiger partial charge in [0.15, 0.2) is 5.13 Å². The number of carbonyl (C=O) groups is 1. The van der Waals surface area contributed by atoms with Crippen LogP contribution < -0.4 is 4.90 Å². The molecule has 3 aromatic heterocycles. The lowest BCUT2D eigenvalue weighted by Gasteiger charge is -2.20. The summed E-state index contributed by atoms with van der Waals surface area (Å²) in [5.74, 6) is 0.660. The number of para-hydroxylation sites is 1. The number of hydrogen-bond donors (Lipinski definition) is 0. The maximum atomic E-state index is 12.4. The SMILES string of the molecule is CCc1ccccc1N(C(C)=O)c1nc(CSc2ncnc3ccsc23)cs1. The molecule has 5 nitrogen and oxygen atoms in total. The number of rotatable bonds is 6. The molecular formula is C20H18N4OS3. The van der Waals surface area contributed by atoms with Gasteiger partial charge < -0.3 is 0 Å². The number of benzene rings is 1. The van der Waals surface area contributed by atoms with Gasteiger partial charge in [0.05, 0.1) is 21.6 Å². The second kappa shape index (κ2) is 8.38. The van der Waals surface area contributed by atoms with Crippen LogP contribution >= 0.6 is 34.4 Å². The van der Waals surface area contributed by atoms with Crippen molar-refractivity contribution in [3.05, 3.63) is 58.7 Å². The van der Waals surface area contributed by atoms with Crippen LogP contribution in [0, 0.1) is 0 Å². The largest absolute Gasteiger partial charge is 0.274 e. The molecule has 0 aliphatic carbocycles. The van der Waals surface area contributed by atoms with Gasteiger partial charge in [0, 0.05) is 18.1 Å². The Morgan fingerprint density at radius 2 is 2.04 bits per heavy atom. The summed E-state index contributed by atoms with van der Waals surface area (Å²) in [5.41, 5.74) is 3.95. The van der Waals surface area contributed by atoms with Crippen LogP contribution in [-0.4, -0.2) is 20.9 Å². The molecule has 28 heavy (non-hydrogen) atoms. The smallest absolute Gasteiger partial charge is 0.230 e. The molecule has 4 aromatic rings. The first-order valence-corrected chi connectivity index (χ1v) is 11.6. The lowest BCUT2D eigenvalue weighted by Crippen LogP contribution is -2.23. The molecule has 3 heterocycles. The van der Waals surface area contributed by atoms with E-state index in [0.717, 1.165) is 38.6 Å². The lowest BCUT2D eigenvalue weighted by atomic mass is 10.1. The zero-order valence-electron chi connectivity index (χ0n) is 15.5. The van der Waals surface area contributed by atoms with Crippen molar-refractivity contribution in [2.45, 2.75) is 31.0 Å². The molecule has 0 fully saturated rings. The molecule has 1 aromatic carbocycles. The Hall–Kier alpha value is -2.29. The first-order valence-electron chi connectivity index (χ1n) is 8.81. The summed E-state index contributed by atoms with van der Waals surface area (Å²) in [6.45, 7) is 3.67. The van der Waals surface area contributed by atoms with Gasteiger partial charge >= 0.3 is 0 Å². The number of thioether (sulfide) groups is 1. The summed E-state index contributed by atoms with van der Waals surface area (Å²) in [5, 5.41) is 5.71. The highest BCUT2D eigenvalue weighted by atomic mass is 32.2. The standard InChI is InChI=1S/C20H18N4OS3/c1-3-14-6-4-5-7-17(14)24(13(2)25)20-23-15(11-28-20)10-27-19-18-16(8-9-26-18)21-12-22-19/h4-9,11-12H,3,10H2,1-2H3. The number of nitrogens with zero attached hydrogens (tertiary/aromatic N) is 4. The van der Waals surface area contributed by atoms with Gasteiger partial charge in [0.1, 0.15) is 11.4 Å². The van der Waals surface area contributed by atoms with Gasteiger partial charge in [-0.15, -0.1) is 22.7 Å². The van der Waals surface area contributed by atoms with Crippen LogP contribution in [-0.2, 0) is 17.0 Å². The molecule has 0 N–H and O–H groups in total. The molecule has 0 aliphatic rings. The first-order chi connectivity index (χ1) is 13.7. The van der Waals surface area contributed by atoms with Crippen LogP contribution in [0.2, 0.25) is 0 Å². The average Bonchev–Trinajstić information content (AvgIpc) is 3.36. The quantitative estimate of drug-likeness (QED) is 0.293. The molecule has 0 aliphatic heterocycles. The second-order valence-electron chi connectivity index (χ2n) is 6.06. The lowest BCUT2D eigenvalue weighted by molar-refractivity contribution is -0.115. The number of thiazole rings is 1. The Bertz CT molecular complexity index is 1120. The van der Waals surface area contributed by atoms with Crippen LogP contribution in [0.25, 0.3) is 10.2 Å². The van der Waals surface area contributed by atoms with E-state index in [4.69, 9.17) is 4.98 Å². The number of carbonyl (C=O) groups excluding carboxylic acids is 1. The monoisotopic (exact) mass is 426 g/mol. The van der Waals surface area contributed by atoms with Crippen molar-refractivity contribution in [1.82, 2.24) is 15.0 Å². The third-order valence-corrected chi connectivity index (χ3v) is 7.16. The molecular weight excluding hydrogens is 408 g/mol. The van der Waals surface area contributed by atoms with Gasteiger partial charge in [-0.3, -0.25) is 9.69 Å². The van der Waals surface area contributed by atoms with Gasteiger partial charge in [0.2, 0.25) is 5.91 Å². The number of amides is 1. The van der Waals surface area contributed by atoms with E-state index >= 15 is 0 Å². The molecule has 142 valence electrons. The topological polar surface area (TPSA) is 59.0 Å². The highest BCUT2D eigenvalue weighted by Gasteiger charge is 2.20. The van der Waals surface area contributed by atoms with Crippen LogP contribution in [0.1, 0.15) is 25.1 Å². The molecule has 1 amide bonds. The van der Waals surface area contributed by atoms with Crippen molar-refractivity contribution < 1.29 is 4.79 Å². The minimum atomic E-state index is -0.0365. The zero-order valence-corrected chi connectivity index (χ0v) is 17.9. The Morgan fingerprint density at radius 1 is 1.18 bits per heavy atom. The Kier molecular flexibility index (Phi) is 5.70. The van der Waals surface area contributed by atoms with Crippen molar-refractivity contribution in [2.75, 3.05) is 4.90 Å². The highest BCUT2D eigenvalue weighted by molar-refractivity contribution is 7.98. The van der Waals surface area contributed by atoms with Crippen LogP contribution in [0.5, 0.6) is 0 Å². The maximum absolute atomic E-state index is 12.4. The summed E-state index contributed by atoms with van der Waals surface area (Å²) in [7, 11) is 0. The van der Waals surface area contributed by atoms with Gasteiger partial charge in [-0.25, -0.2) is 15.0 Å². The number of thiophene rings is 1. The van der Waals surface area contributed by atoms with Gasteiger partial charge in [-0.1, -0.05) is 36.9 Å². The summed E-state index contributed by atoms with van der Waals surface area (Å²) in [6.07, 6.45) is 2.46. The molecule has 4 rings (SSSR count). The Balaban J connectivity index is 1.57. The Labute approximate surface area is 175 Å². The molecule has 0 spiro atoms. The number of anilines is 2. The predicted octanol–water partition coefficient (Wildman–Crippen LogP) is 5.69.